The number of nitrogens with zero attached hydrogens (tertiary/aromatic N) is 2. The second kappa shape index (κ2) is 11.3. The van der Waals surface area contributed by atoms with E-state index >= 15 is 0 Å². The van der Waals surface area contributed by atoms with Crippen LogP contribution in [0.15, 0.2) is 60.7 Å². The molecule has 39 heavy (non-hydrogen) atoms. The van der Waals surface area contributed by atoms with Crippen LogP contribution >= 0.6 is 23.2 Å². The molecular formula is C31H33Cl2N3O3. The van der Waals surface area contributed by atoms with Crippen molar-refractivity contribution in [1.29, 1.82) is 0 Å². The molecule has 0 radical (unpaired) electrons. The van der Waals surface area contributed by atoms with Crippen LogP contribution in [-0.2, 0) is 11.4 Å². The third-order valence-corrected chi connectivity index (χ3v) is 8.83. The van der Waals surface area contributed by atoms with Crippen LogP contribution in [0.1, 0.15) is 64.7 Å². The zero-order valence-electron chi connectivity index (χ0n) is 22.1. The number of primary amides is 1. The number of amides is 2. The Labute approximate surface area is 239 Å². The fourth-order valence-corrected chi connectivity index (χ4v) is 6.99. The van der Waals surface area contributed by atoms with Crippen molar-refractivity contribution in [1.82, 2.24) is 9.80 Å². The van der Waals surface area contributed by atoms with Crippen LogP contribution in [-0.4, -0.2) is 52.9 Å². The highest BCUT2D eigenvalue weighted by atomic mass is 35.5. The molecule has 1 saturated carbocycles. The molecule has 1 fully saturated rings. The average Bonchev–Trinajstić information content (AvgIpc) is 2.92. The second-order valence-electron chi connectivity index (χ2n) is 10.7. The number of aliphatic hydroxyl groups is 1. The first-order chi connectivity index (χ1) is 18.7. The first kappa shape index (κ1) is 27.7. The Bertz CT molecular complexity index is 1410. The number of hydrogen-bond acceptors (Lipinski definition) is 4. The van der Waals surface area contributed by atoms with Crippen molar-refractivity contribution in [3.8, 4) is 11.1 Å². The van der Waals surface area contributed by atoms with Crippen molar-refractivity contribution in [2.45, 2.75) is 56.3 Å². The number of benzene rings is 3. The molecule has 1 aliphatic carbocycles. The van der Waals surface area contributed by atoms with Gasteiger partial charge < -0.3 is 20.6 Å². The molecule has 6 nitrogen and oxygen atoms in total. The predicted molar refractivity (Wildman–Crippen MR) is 155 cm³/mol. The zero-order chi connectivity index (χ0) is 27.8. The topological polar surface area (TPSA) is 86.9 Å². The van der Waals surface area contributed by atoms with E-state index in [9.17, 15) is 14.7 Å². The van der Waals surface area contributed by atoms with Crippen LogP contribution in [0.5, 0.6) is 0 Å². The largest absolute Gasteiger partial charge is 0.392 e. The van der Waals surface area contributed by atoms with Crippen LogP contribution in [0.25, 0.3) is 11.1 Å². The number of carbonyl (C=O) groups excluding carboxylic acids is 2. The van der Waals surface area contributed by atoms with E-state index < -0.39 is 17.9 Å². The van der Waals surface area contributed by atoms with Crippen molar-refractivity contribution in [3.05, 3.63) is 93.0 Å². The van der Waals surface area contributed by atoms with Gasteiger partial charge in [0.15, 0.2) is 0 Å². The van der Waals surface area contributed by atoms with Gasteiger partial charge >= 0.3 is 0 Å². The molecular weight excluding hydrogens is 533 g/mol. The Balaban J connectivity index is 1.74. The minimum atomic E-state index is -0.831. The third kappa shape index (κ3) is 5.07. The van der Waals surface area contributed by atoms with Gasteiger partial charge in [0.05, 0.1) is 18.6 Å². The summed E-state index contributed by atoms with van der Waals surface area (Å²) in [6.07, 6.45) is 3.84. The molecule has 8 heteroatoms. The lowest BCUT2D eigenvalue weighted by Gasteiger charge is -2.50. The fraction of sp³-hybridized carbons (Fsp3) is 0.355. The van der Waals surface area contributed by atoms with Gasteiger partial charge in [-0.2, -0.15) is 0 Å². The Morgan fingerprint density at radius 1 is 1.00 bits per heavy atom. The lowest BCUT2D eigenvalue weighted by Crippen LogP contribution is -2.58. The van der Waals surface area contributed by atoms with E-state index in [4.69, 9.17) is 28.9 Å². The van der Waals surface area contributed by atoms with Gasteiger partial charge in [-0.05, 0) is 79.0 Å². The van der Waals surface area contributed by atoms with E-state index in [0.717, 1.165) is 42.4 Å². The van der Waals surface area contributed by atoms with E-state index in [-0.39, 0.29) is 24.6 Å². The van der Waals surface area contributed by atoms with Gasteiger partial charge in [-0.15, -0.1) is 0 Å². The first-order valence-electron chi connectivity index (χ1n) is 13.3. The molecule has 3 N–H and O–H groups in total. The SMILES string of the molecule is CN(C)[C@H]1CCCC[C@@H]1N1C(=O)c2ccc(-c3ccccc3CO)cc2[C@@H](C(N)=O)[C@@H]1c1ccc(Cl)cc1Cl. The molecule has 5 rings (SSSR count). The van der Waals surface area contributed by atoms with Crippen LogP contribution in [0.3, 0.4) is 0 Å². The van der Waals surface area contributed by atoms with E-state index in [1.54, 1.807) is 24.3 Å². The van der Waals surface area contributed by atoms with Crippen LogP contribution in [0, 0.1) is 0 Å². The highest BCUT2D eigenvalue weighted by Crippen LogP contribution is 2.48. The molecule has 0 spiro atoms. The van der Waals surface area contributed by atoms with E-state index in [1.165, 1.54) is 0 Å². The second-order valence-corrected chi connectivity index (χ2v) is 11.5. The highest BCUT2D eigenvalue weighted by Gasteiger charge is 2.49. The molecule has 0 unspecified atom stereocenters. The lowest BCUT2D eigenvalue weighted by molar-refractivity contribution is -0.121. The summed E-state index contributed by atoms with van der Waals surface area (Å²) in [5.41, 5.74) is 10.2. The maximum absolute atomic E-state index is 14.4. The molecule has 0 aromatic heterocycles. The Morgan fingerprint density at radius 3 is 2.44 bits per heavy atom. The molecule has 4 atom stereocenters. The van der Waals surface area contributed by atoms with Gasteiger partial charge in [-0.3, -0.25) is 9.59 Å². The van der Waals surface area contributed by atoms with Gasteiger partial charge in [-0.1, -0.05) is 72.4 Å². The summed E-state index contributed by atoms with van der Waals surface area (Å²) in [4.78, 5) is 31.8. The lowest BCUT2D eigenvalue weighted by atomic mass is 9.75. The molecule has 204 valence electrons. The van der Waals surface area contributed by atoms with Gasteiger partial charge in [0.1, 0.15) is 0 Å². The molecule has 3 aromatic carbocycles. The number of fused-ring (bicyclic) bond motifs is 1. The quantitative estimate of drug-likeness (QED) is 0.396. The summed E-state index contributed by atoms with van der Waals surface area (Å²) in [6, 6.07) is 17.6. The Hall–Kier alpha value is -2.90. The Morgan fingerprint density at radius 2 is 1.74 bits per heavy atom. The summed E-state index contributed by atoms with van der Waals surface area (Å²) >= 11 is 13.0. The number of nitrogens with two attached hydrogens (primary N) is 1. The molecule has 2 amide bonds. The average molecular weight is 567 g/mol. The molecule has 1 heterocycles. The number of aliphatic hydroxyl groups excluding tert-OH is 1. The van der Waals surface area contributed by atoms with Gasteiger partial charge in [0.2, 0.25) is 5.91 Å². The van der Waals surface area contributed by atoms with Crippen molar-refractivity contribution in [3.63, 3.8) is 0 Å². The van der Waals surface area contributed by atoms with E-state index in [2.05, 4.69) is 4.90 Å². The van der Waals surface area contributed by atoms with Gasteiger partial charge in [0.25, 0.3) is 5.91 Å². The van der Waals surface area contributed by atoms with Crippen LogP contribution in [0.4, 0.5) is 0 Å². The molecule has 1 aliphatic heterocycles. The number of carbonyl (C=O) groups is 2. The normalized spacial score (nSPS) is 23.1. The predicted octanol–water partition coefficient (Wildman–Crippen LogP) is 5.79. The van der Waals surface area contributed by atoms with Gasteiger partial charge in [-0.25, -0.2) is 0 Å². The Kier molecular flexibility index (Phi) is 8.01. The third-order valence-electron chi connectivity index (χ3n) is 8.27. The van der Waals surface area contributed by atoms with Crippen molar-refractivity contribution < 1.29 is 14.7 Å². The summed E-state index contributed by atoms with van der Waals surface area (Å²) in [6.45, 7) is -0.129. The van der Waals surface area contributed by atoms with E-state index in [1.807, 2.05) is 55.4 Å². The van der Waals surface area contributed by atoms with Crippen molar-refractivity contribution >= 4 is 35.0 Å². The number of rotatable bonds is 6. The standard InChI is InChI=1S/C31H33Cl2N3O3/c1-35(2)26-9-5-6-10-27(26)36-29(23-14-12-20(32)16-25(23)33)28(30(34)38)24-15-18(11-13-22(24)31(36)39)21-8-4-3-7-19(21)17-37/h3-4,7-8,11-16,26-29,37H,5-6,9-10,17H2,1-2H3,(H2,34,38)/t26-,27-,28+,29-/m0/s1. The minimum absolute atomic E-state index is 0.122. The summed E-state index contributed by atoms with van der Waals surface area (Å²) in [7, 11) is 4.07. The minimum Gasteiger partial charge on any atom is -0.392 e. The monoisotopic (exact) mass is 565 g/mol. The number of likely N-dealkylation sites (N-methyl/N-ethyl adjacent to an activating group) is 1. The summed E-state index contributed by atoms with van der Waals surface area (Å²) < 4.78 is 0. The van der Waals surface area contributed by atoms with Crippen molar-refractivity contribution in [2.24, 2.45) is 5.73 Å². The molecule has 2 aliphatic rings. The zero-order valence-corrected chi connectivity index (χ0v) is 23.6. The van der Waals surface area contributed by atoms with Crippen molar-refractivity contribution in [2.75, 3.05) is 14.1 Å². The molecule has 0 bridgehead atoms. The smallest absolute Gasteiger partial charge is 0.255 e. The molecule has 3 aromatic rings. The van der Waals surface area contributed by atoms with Crippen LogP contribution < -0.4 is 5.73 Å². The van der Waals surface area contributed by atoms with Gasteiger partial charge in [0, 0.05) is 27.7 Å². The maximum atomic E-state index is 14.4. The number of hydrogen-bond donors (Lipinski definition) is 2. The van der Waals surface area contributed by atoms with E-state index in [0.29, 0.717) is 26.7 Å². The highest BCUT2D eigenvalue weighted by molar-refractivity contribution is 6.35. The number of halogens is 2. The fourth-order valence-electron chi connectivity index (χ4n) is 6.47. The summed E-state index contributed by atoms with van der Waals surface area (Å²) in [5.74, 6) is -1.50. The first-order valence-corrected chi connectivity index (χ1v) is 14.0. The summed E-state index contributed by atoms with van der Waals surface area (Å²) in [5, 5.41) is 10.8. The molecule has 0 saturated heterocycles. The van der Waals surface area contributed by atoms with Crippen LogP contribution in [0.2, 0.25) is 10.0 Å². The maximum Gasteiger partial charge on any atom is 0.255 e.